The second kappa shape index (κ2) is 9.84. The Morgan fingerprint density at radius 2 is 2.07 bits per heavy atom. The molecule has 30 heavy (non-hydrogen) atoms. The van der Waals surface area contributed by atoms with Gasteiger partial charge in [-0.3, -0.25) is 14.8 Å². The van der Waals surface area contributed by atoms with Crippen LogP contribution in [-0.2, 0) is 14.4 Å². The first-order valence-corrected chi connectivity index (χ1v) is 10.3. The number of carbonyl (C=O) groups is 3. The monoisotopic (exact) mass is 422 g/mol. The van der Waals surface area contributed by atoms with E-state index in [1.165, 1.54) is 4.90 Å². The molecule has 2 fully saturated rings. The van der Waals surface area contributed by atoms with Gasteiger partial charge in [0.05, 0.1) is 12.5 Å². The predicted molar refractivity (Wildman–Crippen MR) is 103 cm³/mol. The average molecular weight is 422 g/mol. The van der Waals surface area contributed by atoms with Crippen LogP contribution in [0, 0.1) is 22.9 Å². The Kier molecular flexibility index (Phi) is 7.20. The minimum absolute atomic E-state index is 0.120. The Morgan fingerprint density at radius 3 is 2.73 bits per heavy atom. The van der Waals surface area contributed by atoms with Crippen LogP contribution < -0.4 is 10.0 Å². The summed E-state index contributed by atoms with van der Waals surface area (Å²) >= 11 is 0. The number of hydrogen-bond donors (Lipinski definition) is 2. The van der Waals surface area contributed by atoms with Crippen LogP contribution >= 0.6 is 0 Å². The van der Waals surface area contributed by atoms with Crippen molar-refractivity contribution in [2.75, 3.05) is 18.4 Å². The number of anilines is 1. The number of amides is 3. The molecule has 0 aromatic carbocycles. The van der Waals surface area contributed by atoms with Crippen molar-refractivity contribution in [3.05, 3.63) is 29.4 Å². The lowest BCUT2D eigenvalue weighted by Crippen LogP contribution is -2.48. The van der Waals surface area contributed by atoms with Crippen molar-refractivity contribution in [1.29, 1.82) is 0 Å². The van der Waals surface area contributed by atoms with Crippen LogP contribution in [0.4, 0.5) is 10.2 Å². The van der Waals surface area contributed by atoms with E-state index in [1.807, 2.05) is 0 Å². The summed E-state index contributed by atoms with van der Waals surface area (Å²) in [6, 6.07) is 1.46. The number of nitrogens with zero attached hydrogens (tertiary/aromatic N) is 3. The standard InChI is InChI=1S/C20H27FN4O5/c21-16-7-8-18(25(30)12-16)22-19(27)17-6-3-9-24(17)20(28)15(11-23(29)13-26)10-14-4-1-2-5-14/h7-8,12-15,17,29H,1-6,9-11H2,(H,22,27). The third-order valence-corrected chi connectivity index (χ3v) is 5.94. The fourth-order valence-electron chi connectivity index (χ4n) is 4.47. The first kappa shape index (κ1) is 21.9. The predicted octanol–water partition coefficient (Wildman–Crippen LogP) is 1.43. The van der Waals surface area contributed by atoms with Gasteiger partial charge in [-0.25, -0.2) is 24.3 Å². The second-order valence-electron chi connectivity index (χ2n) is 8.05. The van der Waals surface area contributed by atoms with Crippen LogP contribution in [0.5, 0.6) is 0 Å². The molecule has 1 saturated heterocycles. The van der Waals surface area contributed by atoms with Crippen molar-refractivity contribution < 1.29 is 28.7 Å². The number of rotatable bonds is 8. The molecule has 1 aromatic heterocycles. The highest BCUT2D eigenvalue weighted by Crippen LogP contribution is 2.32. The molecule has 164 valence electrons. The van der Waals surface area contributed by atoms with Gasteiger partial charge in [0.2, 0.25) is 12.3 Å². The van der Waals surface area contributed by atoms with E-state index in [0.29, 0.717) is 43.0 Å². The fourth-order valence-corrected chi connectivity index (χ4v) is 4.47. The molecule has 2 heterocycles. The molecule has 0 radical (unpaired) electrons. The van der Waals surface area contributed by atoms with E-state index in [4.69, 9.17) is 0 Å². The molecule has 3 amide bonds. The molecule has 2 atom stereocenters. The number of hydrogen-bond acceptors (Lipinski definition) is 5. The van der Waals surface area contributed by atoms with Crippen molar-refractivity contribution in [2.24, 2.45) is 11.8 Å². The van der Waals surface area contributed by atoms with E-state index in [1.54, 1.807) is 0 Å². The summed E-state index contributed by atoms with van der Waals surface area (Å²) in [5.41, 5.74) is 0. The summed E-state index contributed by atoms with van der Waals surface area (Å²) in [6.07, 6.45) is 6.80. The first-order valence-electron chi connectivity index (χ1n) is 10.3. The van der Waals surface area contributed by atoms with E-state index in [9.17, 15) is 29.2 Å². The van der Waals surface area contributed by atoms with Gasteiger partial charge in [-0.1, -0.05) is 25.7 Å². The van der Waals surface area contributed by atoms with Crippen molar-refractivity contribution in [1.82, 2.24) is 9.96 Å². The molecule has 0 bridgehead atoms. The van der Waals surface area contributed by atoms with Gasteiger partial charge >= 0.3 is 5.91 Å². The van der Waals surface area contributed by atoms with Gasteiger partial charge in [0, 0.05) is 12.6 Å². The Labute approximate surface area is 174 Å². The lowest BCUT2D eigenvalue weighted by molar-refractivity contribution is -0.591. The quantitative estimate of drug-likeness (QED) is 0.216. The van der Waals surface area contributed by atoms with E-state index >= 15 is 0 Å². The average Bonchev–Trinajstić information content (AvgIpc) is 3.40. The minimum Gasteiger partial charge on any atom is -0.711 e. The zero-order valence-electron chi connectivity index (χ0n) is 16.7. The Balaban J connectivity index is 1.71. The Hall–Kier alpha value is -2.75. The maximum absolute atomic E-state index is 13.2. The van der Waals surface area contributed by atoms with E-state index in [2.05, 4.69) is 5.32 Å². The summed E-state index contributed by atoms with van der Waals surface area (Å²) in [5.74, 6) is -1.90. The number of carbonyl (C=O) groups excluding carboxylic acids is 3. The summed E-state index contributed by atoms with van der Waals surface area (Å²) in [6.45, 7) is 0.258. The molecule has 0 spiro atoms. The number of aromatic nitrogens is 1. The number of halogens is 1. The molecular weight excluding hydrogens is 395 g/mol. The van der Waals surface area contributed by atoms with Crippen LogP contribution in [-0.4, -0.2) is 52.5 Å². The molecule has 10 heteroatoms. The molecule has 9 nitrogen and oxygen atoms in total. The number of likely N-dealkylation sites (tertiary alicyclic amines) is 1. The van der Waals surface area contributed by atoms with Crippen LogP contribution in [0.15, 0.2) is 18.3 Å². The first-order chi connectivity index (χ1) is 14.4. The van der Waals surface area contributed by atoms with E-state index in [0.717, 1.165) is 37.8 Å². The molecule has 1 aliphatic carbocycles. The van der Waals surface area contributed by atoms with Crippen molar-refractivity contribution in [2.45, 2.75) is 51.0 Å². The number of nitrogens with one attached hydrogen (secondary N) is 1. The lowest BCUT2D eigenvalue weighted by atomic mass is 9.91. The third-order valence-electron chi connectivity index (χ3n) is 5.94. The van der Waals surface area contributed by atoms with Gasteiger partial charge in [0.1, 0.15) is 12.2 Å². The maximum atomic E-state index is 13.2. The van der Waals surface area contributed by atoms with Crippen molar-refractivity contribution >= 4 is 24.0 Å². The van der Waals surface area contributed by atoms with Crippen LogP contribution in [0.25, 0.3) is 0 Å². The molecule has 2 aliphatic rings. The van der Waals surface area contributed by atoms with E-state index < -0.39 is 23.7 Å². The van der Waals surface area contributed by atoms with Crippen molar-refractivity contribution in [3.8, 4) is 0 Å². The SMILES string of the molecule is O=CN(O)CC(CC1CCCC1)C(=O)N1CCCC1C(=O)Nc1ccc(F)c[n+]1[O-]. The summed E-state index contributed by atoms with van der Waals surface area (Å²) < 4.78 is 13.3. The largest absolute Gasteiger partial charge is 0.711 e. The van der Waals surface area contributed by atoms with E-state index in [-0.39, 0.29) is 29.4 Å². The number of hydroxylamine groups is 2. The van der Waals surface area contributed by atoms with Crippen LogP contribution in [0.1, 0.15) is 44.9 Å². The van der Waals surface area contributed by atoms with Crippen molar-refractivity contribution in [3.63, 3.8) is 0 Å². The van der Waals surface area contributed by atoms with Crippen LogP contribution in [0.2, 0.25) is 0 Å². The number of pyridine rings is 1. The summed E-state index contributed by atoms with van der Waals surface area (Å²) in [4.78, 5) is 38.3. The molecule has 2 N–H and O–H groups in total. The lowest BCUT2D eigenvalue weighted by Gasteiger charge is -2.29. The molecular formula is C20H27FN4O5. The molecule has 3 rings (SSSR count). The highest BCUT2D eigenvalue weighted by Gasteiger charge is 2.40. The summed E-state index contributed by atoms with van der Waals surface area (Å²) in [7, 11) is 0. The molecule has 2 unspecified atom stereocenters. The van der Waals surface area contributed by atoms with Gasteiger partial charge in [0.15, 0.2) is 5.82 Å². The van der Waals surface area contributed by atoms with Gasteiger partial charge in [0.25, 0.3) is 5.82 Å². The highest BCUT2D eigenvalue weighted by molar-refractivity contribution is 5.96. The van der Waals surface area contributed by atoms with Gasteiger partial charge in [-0.15, -0.1) is 0 Å². The van der Waals surface area contributed by atoms with Gasteiger partial charge in [-0.2, -0.15) is 0 Å². The third kappa shape index (κ3) is 5.24. The minimum atomic E-state index is -0.767. The van der Waals surface area contributed by atoms with Crippen LogP contribution in [0.3, 0.4) is 0 Å². The van der Waals surface area contributed by atoms with Gasteiger partial charge in [-0.05, 0) is 31.2 Å². The molecule has 1 saturated carbocycles. The van der Waals surface area contributed by atoms with Gasteiger partial charge < -0.3 is 10.1 Å². The normalized spacial score (nSPS) is 20.2. The molecule has 1 aromatic rings. The maximum Gasteiger partial charge on any atom is 0.330 e. The smallest absolute Gasteiger partial charge is 0.330 e. The zero-order valence-corrected chi connectivity index (χ0v) is 16.7. The fraction of sp³-hybridized carbons (Fsp3) is 0.600. The summed E-state index contributed by atoms with van der Waals surface area (Å²) in [5, 5.41) is 24.4. The highest BCUT2D eigenvalue weighted by atomic mass is 19.1. The Bertz CT molecular complexity index is 786. The second-order valence-corrected chi connectivity index (χ2v) is 8.05. The Morgan fingerprint density at radius 1 is 1.33 bits per heavy atom. The molecule has 1 aliphatic heterocycles. The topological polar surface area (TPSA) is 117 Å². The zero-order chi connectivity index (χ0) is 21.7.